The topological polar surface area (TPSA) is 0 Å². The fourth-order valence-electron chi connectivity index (χ4n) is 2.08. The summed E-state index contributed by atoms with van der Waals surface area (Å²) in [5.41, 5.74) is 4.25. The second kappa shape index (κ2) is 13.8. The zero-order chi connectivity index (χ0) is 17.5. The van der Waals surface area contributed by atoms with Gasteiger partial charge in [0, 0.05) is 8.07 Å². The Kier molecular flexibility index (Phi) is 17.0. The van der Waals surface area contributed by atoms with Crippen LogP contribution in [0.3, 0.4) is 0 Å². The normalized spacial score (nSPS) is 18.2. The zero-order valence-electron chi connectivity index (χ0n) is 16.8. The number of halogens is 2. The van der Waals surface area contributed by atoms with Gasteiger partial charge in [0.15, 0.2) is 0 Å². The molecule has 0 fully saturated rings. The smallest absolute Gasteiger partial charge is 0.147 e. The monoisotopic (exact) mass is 436 g/mol. The van der Waals surface area contributed by atoms with Crippen LogP contribution in [0.25, 0.3) is 0 Å². The van der Waals surface area contributed by atoms with E-state index >= 15 is 0 Å². The fourth-order valence-corrected chi connectivity index (χ4v) is 3.33. The van der Waals surface area contributed by atoms with Crippen molar-refractivity contribution in [2.45, 2.75) is 66.9 Å². The summed E-state index contributed by atoms with van der Waals surface area (Å²) in [7, 11) is -1.01. The minimum atomic E-state index is -1.01. The Balaban J connectivity index is -0.000000283. The molecule has 0 amide bonds. The van der Waals surface area contributed by atoms with Crippen LogP contribution in [0.5, 0.6) is 0 Å². The van der Waals surface area contributed by atoms with E-state index in [2.05, 4.69) is 104 Å². The Morgan fingerprint density at radius 3 is 1.71 bits per heavy atom. The van der Waals surface area contributed by atoms with Gasteiger partial charge in [0.05, 0.1) is 0 Å². The van der Waals surface area contributed by atoms with Crippen molar-refractivity contribution in [2.24, 2.45) is 5.92 Å². The first-order valence-electron chi connectivity index (χ1n) is 8.04. The molecular formula is C19H34Cl2Si2Ti. The van der Waals surface area contributed by atoms with Gasteiger partial charge in [-0.25, -0.2) is 16.8 Å². The molecular weight excluding hydrogens is 403 g/mol. The van der Waals surface area contributed by atoms with Crippen molar-refractivity contribution < 1.29 is 19.2 Å². The largest absolute Gasteiger partial charge is 0.147 e. The molecule has 24 heavy (non-hydrogen) atoms. The molecule has 0 N–H and O–H groups in total. The van der Waals surface area contributed by atoms with Crippen LogP contribution in [-0.2, 0) is 19.2 Å². The third kappa shape index (κ3) is 12.1. The summed E-state index contributed by atoms with van der Waals surface area (Å²) in [5, 5.41) is 1.49. The van der Waals surface area contributed by atoms with Crippen molar-refractivity contribution >= 4 is 39.1 Å². The molecule has 0 spiro atoms. The Morgan fingerprint density at radius 2 is 1.58 bits per heavy atom. The first-order chi connectivity index (χ1) is 9.96. The predicted molar refractivity (Wildman–Crippen MR) is 116 cm³/mol. The summed E-state index contributed by atoms with van der Waals surface area (Å²) in [5.74, 6) is 0.560. The standard InChI is InChI=1S/C9H13.C8H13Si.C2H6Si.2ClH.Ti/c1-6-5-7(2)9(4)8(6)3;1-9(2,3)8-6-4-5-7-8;1-3-2;;;/h6H,1-4H3;4,6H,5H2,1-3H3;1-2H3;2*1H;/q2*-1;;;;+2. The van der Waals surface area contributed by atoms with Gasteiger partial charge in [0.2, 0.25) is 0 Å². The molecule has 0 aromatic rings. The van der Waals surface area contributed by atoms with Gasteiger partial charge in [0.1, 0.15) is 0 Å². The van der Waals surface area contributed by atoms with Crippen molar-refractivity contribution in [2.75, 3.05) is 0 Å². The van der Waals surface area contributed by atoms with Gasteiger partial charge in [-0.3, -0.25) is 12.2 Å². The molecule has 0 nitrogen and oxygen atoms in total. The van der Waals surface area contributed by atoms with E-state index in [-0.39, 0.29) is 31.0 Å². The predicted octanol–water partition coefficient (Wildman–Crippen LogP) is 6.90. The second-order valence-corrected chi connectivity index (χ2v) is 19.0. The molecule has 2 rings (SSSR count). The van der Waals surface area contributed by atoms with E-state index in [4.69, 9.17) is 0 Å². The van der Waals surface area contributed by atoms with E-state index in [1.54, 1.807) is 0 Å². The zero-order valence-corrected chi connectivity index (χ0v) is 22.0. The summed E-state index contributed by atoms with van der Waals surface area (Å²) in [6.07, 6.45) is 12.3. The van der Waals surface area contributed by atoms with Crippen LogP contribution in [-0.4, -0.2) is 14.3 Å². The quantitative estimate of drug-likeness (QED) is 0.309. The summed E-state index contributed by atoms with van der Waals surface area (Å²) in [6, 6.07) is 0. The first-order valence-corrected chi connectivity index (χ1v) is 16.4. The van der Waals surface area contributed by atoms with Crippen molar-refractivity contribution in [1.29, 1.82) is 0 Å². The molecule has 2 aliphatic carbocycles. The van der Waals surface area contributed by atoms with Gasteiger partial charge in [-0.15, -0.1) is 38.2 Å². The van der Waals surface area contributed by atoms with Crippen LogP contribution in [0.4, 0.5) is 0 Å². The molecule has 0 heterocycles. The molecule has 1 unspecified atom stereocenters. The van der Waals surface area contributed by atoms with Crippen LogP contribution in [0.15, 0.2) is 34.1 Å². The molecule has 0 aromatic heterocycles. The minimum Gasteiger partial charge on any atom is -0.147 e. The van der Waals surface area contributed by atoms with E-state index in [9.17, 15) is 0 Å². The van der Waals surface area contributed by atoms with Crippen molar-refractivity contribution in [1.82, 2.24) is 0 Å². The molecule has 0 aliphatic heterocycles. The molecule has 0 aromatic carbocycles. The maximum absolute atomic E-state index is 3.36. The molecule has 5 heteroatoms. The average molecular weight is 437 g/mol. The SMILES string of the molecule is CC1=[C-]C(C)C(C)=C1C.C[Si](C)(C)C1=[C-]CC=C1.C[Si](C)=[Ti+2].Cl.Cl. The van der Waals surface area contributed by atoms with Crippen LogP contribution in [0, 0.1) is 18.1 Å². The van der Waals surface area contributed by atoms with Crippen molar-refractivity contribution in [3.8, 4) is 0 Å². The number of hydrogen-bond acceptors (Lipinski definition) is 0. The van der Waals surface area contributed by atoms with Crippen LogP contribution in [0.1, 0.15) is 34.1 Å². The molecule has 136 valence electrons. The van der Waals surface area contributed by atoms with E-state index in [0.717, 1.165) is 6.42 Å². The third-order valence-corrected chi connectivity index (χ3v) is 5.70. The van der Waals surface area contributed by atoms with E-state index < -0.39 is 8.07 Å². The Hall–Kier alpha value is 0.688. The number of hydrogen-bond donors (Lipinski definition) is 0. The average Bonchev–Trinajstić information content (AvgIpc) is 2.96. The molecule has 0 bridgehead atoms. The molecule has 2 aliphatic rings. The van der Waals surface area contributed by atoms with Gasteiger partial charge in [-0.05, 0) is 0 Å². The second-order valence-electron chi connectivity index (χ2n) is 7.25. The van der Waals surface area contributed by atoms with Gasteiger partial charge in [0.25, 0.3) is 0 Å². The summed E-state index contributed by atoms with van der Waals surface area (Å²) in [4.78, 5) is 0. The Bertz CT molecular complexity index is 520. The van der Waals surface area contributed by atoms with E-state index in [0.29, 0.717) is 5.92 Å². The van der Waals surface area contributed by atoms with Gasteiger partial charge in [-0.1, -0.05) is 46.3 Å². The Labute approximate surface area is 176 Å². The molecule has 0 radical (unpaired) electrons. The number of allylic oxidation sites excluding steroid dienone is 8. The first kappa shape index (κ1) is 29.5. The van der Waals surface area contributed by atoms with Crippen molar-refractivity contribution in [3.63, 3.8) is 0 Å². The molecule has 0 saturated heterocycles. The van der Waals surface area contributed by atoms with Crippen molar-refractivity contribution in [3.05, 3.63) is 46.2 Å². The van der Waals surface area contributed by atoms with Gasteiger partial charge >= 0.3 is 38.5 Å². The molecule has 0 saturated carbocycles. The van der Waals surface area contributed by atoms with E-state index in [1.807, 2.05) is 0 Å². The number of rotatable bonds is 1. The van der Waals surface area contributed by atoms with Crippen LogP contribution < -0.4 is 0 Å². The van der Waals surface area contributed by atoms with E-state index in [1.165, 1.54) is 21.9 Å². The van der Waals surface area contributed by atoms with Gasteiger partial charge in [-0.2, -0.15) is 17.2 Å². The Morgan fingerprint density at radius 1 is 1.12 bits per heavy atom. The summed E-state index contributed by atoms with van der Waals surface area (Å²) < 4.78 is 0. The summed E-state index contributed by atoms with van der Waals surface area (Å²) in [6.45, 7) is 20.3. The van der Waals surface area contributed by atoms with Gasteiger partial charge < -0.3 is 0 Å². The van der Waals surface area contributed by atoms with Crippen LogP contribution in [0.2, 0.25) is 32.7 Å². The maximum Gasteiger partial charge on any atom is -0.147 e. The molecule has 1 atom stereocenters. The fraction of sp³-hybridized carbons (Fsp3) is 0.579. The third-order valence-electron chi connectivity index (χ3n) is 3.74. The maximum atomic E-state index is 3.36. The summed E-state index contributed by atoms with van der Waals surface area (Å²) >= 11 is 2.27. The minimum absolute atomic E-state index is 0. The van der Waals surface area contributed by atoms with Crippen LogP contribution >= 0.6 is 24.8 Å².